The van der Waals surface area contributed by atoms with Gasteiger partial charge in [-0.05, 0) is 19.4 Å². The van der Waals surface area contributed by atoms with Gasteiger partial charge in [0.15, 0.2) is 0 Å². The number of thiazole rings is 1. The van der Waals surface area contributed by atoms with Gasteiger partial charge in [0.1, 0.15) is 0 Å². The Morgan fingerprint density at radius 1 is 1.50 bits per heavy atom. The van der Waals surface area contributed by atoms with Gasteiger partial charge in [-0.1, -0.05) is 20.8 Å². The Labute approximate surface area is 102 Å². The van der Waals surface area contributed by atoms with Gasteiger partial charge in [-0.25, -0.2) is 4.98 Å². The number of aromatic nitrogens is 1. The van der Waals surface area contributed by atoms with Crippen LogP contribution in [-0.2, 0) is 6.54 Å². The number of nitrogens with zero attached hydrogens (tertiary/aromatic N) is 1. The van der Waals surface area contributed by atoms with Crippen molar-refractivity contribution < 1.29 is 5.11 Å². The maximum Gasteiger partial charge on any atom is 0.0953 e. The van der Waals surface area contributed by atoms with Gasteiger partial charge >= 0.3 is 0 Å². The van der Waals surface area contributed by atoms with Crippen LogP contribution in [0, 0.1) is 0 Å². The van der Waals surface area contributed by atoms with E-state index in [-0.39, 0.29) is 6.10 Å². The third-order valence-corrected chi connectivity index (χ3v) is 3.79. The zero-order chi connectivity index (χ0) is 12.0. The highest BCUT2D eigenvalue weighted by Gasteiger charge is 2.05. The van der Waals surface area contributed by atoms with E-state index in [2.05, 4.69) is 24.1 Å². The van der Waals surface area contributed by atoms with Crippen molar-refractivity contribution in [2.45, 2.75) is 52.2 Å². The standard InChI is InChI=1S/C12H22N2OS/c1-4-10(15)5-6-13-7-11-8-14-12(16-11)9(2)3/h8-10,13,15H,4-7H2,1-3H3. The summed E-state index contributed by atoms with van der Waals surface area (Å²) in [6.07, 6.45) is 3.44. The van der Waals surface area contributed by atoms with Gasteiger partial charge in [0, 0.05) is 23.5 Å². The van der Waals surface area contributed by atoms with E-state index in [1.807, 2.05) is 13.1 Å². The fraction of sp³-hybridized carbons (Fsp3) is 0.750. The Morgan fingerprint density at radius 2 is 2.25 bits per heavy atom. The number of hydrogen-bond donors (Lipinski definition) is 2. The molecule has 0 radical (unpaired) electrons. The molecule has 0 aromatic carbocycles. The molecule has 1 aromatic rings. The molecule has 0 saturated carbocycles. The van der Waals surface area contributed by atoms with Crippen molar-refractivity contribution in [2.24, 2.45) is 0 Å². The summed E-state index contributed by atoms with van der Waals surface area (Å²) in [5, 5.41) is 13.9. The predicted molar refractivity (Wildman–Crippen MR) is 68.8 cm³/mol. The number of hydrogen-bond acceptors (Lipinski definition) is 4. The Kier molecular flexibility index (Phi) is 5.95. The minimum absolute atomic E-state index is 0.166. The van der Waals surface area contributed by atoms with E-state index in [1.165, 1.54) is 9.88 Å². The lowest BCUT2D eigenvalue weighted by molar-refractivity contribution is 0.160. The second-order valence-corrected chi connectivity index (χ2v) is 5.49. The summed E-state index contributed by atoms with van der Waals surface area (Å²) in [6.45, 7) is 8.05. The van der Waals surface area contributed by atoms with Crippen LogP contribution in [0.25, 0.3) is 0 Å². The molecule has 4 heteroatoms. The quantitative estimate of drug-likeness (QED) is 0.722. The van der Waals surface area contributed by atoms with Crippen molar-refractivity contribution >= 4 is 11.3 Å². The molecular formula is C12H22N2OS. The maximum atomic E-state index is 9.38. The maximum absolute atomic E-state index is 9.38. The average Bonchev–Trinajstić information content (AvgIpc) is 2.72. The molecule has 1 atom stereocenters. The smallest absolute Gasteiger partial charge is 0.0953 e. The number of nitrogens with one attached hydrogen (secondary N) is 1. The zero-order valence-electron chi connectivity index (χ0n) is 10.4. The Balaban J connectivity index is 2.21. The Morgan fingerprint density at radius 3 is 2.81 bits per heavy atom. The monoisotopic (exact) mass is 242 g/mol. The van der Waals surface area contributed by atoms with Crippen molar-refractivity contribution in [1.82, 2.24) is 10.3 Å². The van der Waals surface area contributed by atoms with Crippen molar-refractivity contribution in [3.05, 3.63) is 16.1 Å². The Bertz CT molecular complexity index is 299. The van der Waals surface area contributed by atoms with Crippen molar-refractivity contribution in [1.29, 1.82) is 0 Å². The van der Waals surface area contributed by atoms with E-state index in [1.54, 1.807) is 11.3 Å². The van der Waals surface area contributed by atoms with Gasteiger partial charge in [-0.15, -0.1) is 11.3 Å². The second-order valence-electron chi connectivity index (χ2n) is 4.35. The molecule has 0 bridgehead atoms. The fourth-order valence-electron chi connectivity index (χ4n) is 1.36. The summed E-state index contributed by atoms with van der Waals surface area (Å²) in [7, 11) is 0. The second kappa shape index (κ2) is 6.99. The first-order valence-electron chi connectivity index (χ1n) is 5.96. The van der Waals surface area contributed by atoms with E-state index in [0.717, 1.165) is 25.9 Å². The van der Waals surface area contributed by atoms with Crippen LogP contribution in [0.3, 0.4) is 0 Å². The van der Waals surface area contributed by atoms with Crippen molar-refractivity contribution in [3.8, 4) is 0 Å². The molecule has 0 saturated heterocycles. The topological polar surface area (TPSA) is 45.1 Å². The van der Waals surface area contributed by atoms with E-state index in [4.69, 9.17) is 0 Å². The molecule has 0 spiro atoms. The van der Waals surface area contributed by atoms with E-state index in [9.17, 15) is 5.11 Å². The van der Waals surface area contributed by atoms with Gasteiger partial charge in [0.25, 0.3) is 0 Å². The summed E-state index contributed by atoms with van der Waals surface area (Å²) in [5.41, 5.74) is 0. The van der Waals surface area contributed by atoms with E-state index >= 15 is 0 Å². The third-order valence-electron chi connectivity index (χ3n) is 2.49. The SMILES string of the molecule is CCC(O)CCNCc1cnc(C(C)C)s1. The minimum Gasteiger partial charge on any atom is -0.393 e. The molecule has 0 aliphatic heterocycles. The van der Waals surface area contributed by atoms with Crippen molar-refractivity contribution in [2.75, 3.05) is 6.54 Å². The number of rotatable bonds is 7. The molecule has 0 aliphatic rings. The van der Waals surface area contributed by atoms with Gasteiger partial charge in [0.05, 0.1) is 11.1 Å². The summed E-state index contributed by atoms with van der Waals surface area (Å²) in [5.74, 6) is 0.515. The number of aliphatic hydroxyl groups is 1. The number of aliphatic hydroxyl groups excluding tert-OH is 1. The molecular weight excluding hydrogens is 220 g/mol. The van der Waals surface area contributed by atoms with Crippen LogP contribution >= 0.6 is 11.3 Å². The average molecular weight is 242 g/mol. The summed E-state index contributed by atoms with van der Waals surface area (Å²) < 4.78 is 0. The first-order chi connectivity index (χ1) is 7.63. The first kappa shape index (κ1) is 13.6. The minimum atomic E-state index is -0.166. The lowest BCUT2D eigenvalue weighted by Gasteiger charge is -2.07. The lowest BCUT2D eigenvalue weighted by atomic mass is 10.2. The zero-order valence-corrected chi connectivity index (χ0v) is 11.2. The van der Waals surface area contributed by atoms with E-state index < -0.39 is 0 Å². The van der Waals surface area contributed by atoms with Crippen molar-refractivity contribution in [3.63, 3.8) is 0 Å². The summed E-state index contributed by atoms with van der Waals surface area (Å²) in [6, 6.07) is 0. The van der Waals surface area contributed by atoms with Crippen LogP contribution in [0.15, 0.2) is 6.20 Å². The predicted octanol–water partition coefficient (Wildman–Crippen LogP) is 2.52. The molecule has 3 nitrogen and oxygen atoms in total. The van der Waals surface area contributed by atoms with E-state index in [0.29, 0.717) is 5.92 Å². The Hall–Kier alpha value is -0.450. The van der Waals surface area contributed by atoms with Gasteiger partial charge in [-0.2, -0.15) is 0 Å². The van der Waals surface area contributed by atoms with Gasteiger partial charge in [0.2, 0.25) is 0 Å². The van der Waals surface area contributed by atoms with Crippen LogP contribution in [0.4, 0.5) is 0 Å². The van der Waals surface area contributed by atoms with Crippen LogP contribution in [-0.4, -0.2) is 22.7 Å². The molecule has 1 heterocycles. The van der Waals surface area contributed by atoms with Crippen LogP contribution in [0.5, 0.6) is 0 Å². The molecule has 1 rings (SSSR count). The third kappa shape index (κ3) is 4.60. The highest BCUT2D eigenvalue weighted by Crippen LogP contribution is 2.20. The molecule has 1 unspecified atom stereocenters. The molecule has 0 amide bonds. The van der Waals surface area contributed by atoms with Crippen LogP contribution in [0.1, 0.15) is 49.4 Å². The lowest BCUT2D eigenvalue weighted by Crippen LogP contribution is -2.19. The molecule has 2 N–H and O–H groups in total. The molecule has 0 fully saturated rings. The molecule has 0 aliphatic carbocycles. The molecule has 16 heavy (non-hydrogen) atoms. The van der Waals surface area contributed by atoms with Gasteiger partial charge < -0.3 is 10.4 Å². The fourth-order valence-corrected chi connectivity index (χ4v) is 2.25. The molecule has 1 aromatic heterocycles. The highest BCUT2D eigenvalue weighted by atomic mass is 32.1. The molecule has 92 valence electrons. The first-order valence-corrected chi connectivity index (χ1v) is 6.78. The largest absolute Gasteiger partial charge is 0.393 e. The summed E-state index contributed by atoms with van der Waals surface area (Å²) >= 11 is 1.77. The van der Waals surface area contributed by atoms with Crippen LogP contribution in [0.2, 0.25) is 0 Å². The van der Waals surface area contributed by atoms with Crippen LogP contribution < -0.4 is 5.32 Å². The highest BCUT2D eigenvalue weighted by molar-refractivity contribution is 7.11. The summed E-state index contributed by atoms with van der Waals surface area (Å²) in [4.78, 5) is 5.65. The van der Waals surface area contributed by atoms with Gasteiger partial charge in [-0.3, -0.25) is 0 Å². The normalized spacial score (nSPS) is 13.3.